The van der Waals surface area contributed by atoms with Gasteiger partial charge in [-0.3, -0.25) is 0 Å². The number of benzene rings is 1. The van der Waals surface area contributed by atoms with Crippen molar-refractivity contribution >= 4 is 23.2 Å². The summed E-state index contributed by atoms with van der Waals surface area (Å²) in [6, 6.07) is 5.74. The topological polar surface area (TPSA) is 12.0 Å². The second kappa shape index (κ2) is 7.97. The van der Waals surface area contributed by atoms with Crippen LogP contribution < -0.4 is 5.32 Å². The summed E-state index contributed by atoms with van der Waals surface area (Å²) in [4.78, 5) is 0. The Labute approximate surface area is 115 Å². The molecule has 0 atom stereocenters. The van der Waals surface area contributed by atoms with E-state index in [0.717, 1.165) is 36.9 Å². The summed E-state index contributed by atoms with van der Waals surface area (Å²) in [5, 5.41) is 4.93. The Morgan fingerprint density at radius 3 is 2.59 bits per heavy atom. The van der Waals surface area contributed by atoms with Crippen molar-refractivity contribution in [2.45, 2.75) is 33.1 Å². The number of unbranched alkanes of at least 4 members (excludes halogenated alkanes) is 1. The third-order valence-corrected chi connectivity index (χ3v) is 3.20. The van der Waals surface area contributed by atoms with Gasteiger partial charge in [0.2, 0.25) is 0 Å². The van der Waals surface area contributed by atoms with E-state index >= 15 is 0 Å². The Kier molecular flexibility index (Phi) is 6.94. The third-order valence-electron chi connectivity index (χ3n) is 2.62. The van der Waals surface area contributed by atoms with Gasteiger partial charge in [-0.25, -0.2) is 0 Å². The number of hydrogen-bond donors (Lipinski definition) is 1. The highest BCUT2D eigenvalue weighted by Crippen LogP contribution is 2.22. The molecule has 17 heavy (non-hydrogen) atoms. The Balaban J connectivity index is 2.18. The zero-order valence-corrected chi connectivity index (χ0v) is 12.1. The van der Waals surface area contributed by atoms with Gasteiger partial charge in [0, 0.05) is 10.0 Å². The van der Waals surface area contributed by atoms with Crippen LogP contribution in [-0.2, 0) is 6.42 Å². The Morgan fingerprint density at radius 1 is 1.18 bits per heavy atom. The first-order valence-corrected chi connectivity index (χ1v) is 7.00. The second-order valence-electron chi connectivity index (χ2n) is 4.79. The van der Waals surface area contributed by atoms with Gasteiger partial charge < -0.3 is 5.32 Å². The van der Waals surface area contributed by atoms with Crippen LogP contribution in [0.5, 0.6) is 0 Å². The van der Waals surface area contributed by atoms with Gasteiger partial charge in [0.1, 0.15) is 0 Å². The van der Waals surface area contributed by atoms with E-state index in [-0.39, 0.29) is 0 Å². The van der Waals surface area contributed by atoms with Crippen molar-refractivity contribution < 1.29 is 0 Å². The molecule has 3 heteroatoms. The highest BCUT2D eigenvalue weighted by atomic mass is 35.5. The minimum absolute atomic E-state index is 0.706. The van der Waals surface area contributed by atoms with Crippen LogP contribution in [0.15, 0.2) is 18.2 Å². The van der Waals surface area contributed by atoms with Crippen molar-refractivity contribution in [3.8, 4) is 0 Å². The highest BCUT2D eigenvalue weighted by Gasteiger charge is 2.01. The van der Waals surface area contributed by atoms with Gasteiger partial charge in [-0.15, -0.1) is 0 Å². The van der Waals surface area contributed by atoms with E-state index in [1.54, 1.807) is 0 Å². The van der Waals surface area contributed by atoms with Gasteiger partial charge in [0.15, 0.2) is 0 Å². The van der Waals surface area contributed by atoms with E-state index in [2.05, 4.69) is 19.2 Å². The normalized spacial score (nSPS) is 11.1. The molecule has 1 aromatic rings. The zero-order valence-electron chi connectivity index (χ0n) is 10.6. The summed E-state index contributed by atoms with van der Waals surface area (Å²) in [6.45, 7) is 6.63. The summed E-state index contributed by atoms with van der Waals surface area (Å²) in [5.74, 6) is 0.723. The zero-order chi connectivity index (χ0) is 12.7. The van der Waals surface area contributed by atoms with E-state index in [4.69, 9.17) is 23.2 Å². The summed E-state index contributed by atoms with van der Waals surface area (Å²) in [6.07, 6.45) is 3.37. The SMILES string of the molecule is CC(C)CNCCCCc1ccc(Cl)cc1Cl. The molecule has 0 saturated heterocycles. The summed E-state index contributed by atoms with van der Waals surface area (Å²) in [5.41, 5.74) is 1.19. The lowest BCUT2D eigenvalue weighted by atomic mass is 10.1. The van der Waals surface area contributed by atoms with Gasteiger partial charge in [-0.2, -0.15) is 0 Å². The van der Waals surface area contributed by atoms with Crippen molar-refractivity contribution in [2.75, 3.05) is 13.1 Å². The minimum atomic E-state index is 0.706. The molecule has 0 aliphatic carbocycles. The van der Waals surface area contributed by atoms with Gasteiger partial charge in [-0.05, 0) is 56.0 Å². The van der Waals surface area contributed by atoms with E-state index < -0.39 is 0 Å². The maximum atomic E-state index is 6.11. The van der Waals surface area contributed by atoms with E-state index in [9.17, 15) is 0 Å². The van der Waals surface area contributed by atoms with Gasteiger partial charge in [-0.1, -0.05) is 43.1 Å². The number of rotatable bonds is 7. The minimum Gasteiger partial charge on any atom is -0.316 e. The van der Waals surface area contributed by atoms with E-state index in [0.29, 0.717) is 5.02 Å². The molecule has 1 N–H and O–H groups in total. The molecule has 0 saturated carbocycles. The molecule has 0 amide bonds. The molecule has 1 aromatic carbocycles. The highest BCUT2D eigenvalue weighted by molar-refractivity contribution is 6.35. The maximum absolute atomic E-state index is 6.11. The first-order chi connectivity index (χ1) is 8.09. The van der Waals surface area contributed by atoms with Crippen LogP contribution in [0.4, 0.5) is 0 Å². The monoisotopic (exact) mass is 273 g/mol. The quantitative estimate of drug-likeness (QED) is 0.718. The average molecular weight is 274 g/mol. The molecule has 1 nitrogen and oxygen atoms in total. The first-order valence-electron chi connectivity index (χ1n) is 6.24. The molecule has 96 valence electrons. The number of nitrogens with one attached hydrogen (secondary N) is 1. The fraction of sp³-hybridized carbons (Fsp3) is 0.571. The smallest absolute Gasteiger partial charge is 0.0452 e. The van der Waals surface area contributed by atoms with Crippen LogP contribution >= 0.6 is 23.2 Å². The largest absolute Gasteiger partial charge is 0.316 e. The fourth-order valence-electron chi connectivity index (χ4n) is 1.68. The second-order valence-corrected chi connectivity index (χ2v) is 5.63. The van der Waals surface area contributed by atoms with Crippen LogP contribution in [-0.4, -0.2) is 13.1 Å². The molecule has 0 aromatic heterocycles. The number of aryl methyl sites for hydroxylation is 1. The molecule has 0 aliphatic rings. The first kappa shape index (κ1) is 14.8. The molecule has 1 rings (SSSR count). The lowest BCUT2D eigenvalue weighted by Crippen LogP contribution is -2.20. The summed E-state index contributed by atoms with van der Waals surface area (Å²) < 4.78 is 0. The summed E-state index contributed by atoms with van der Waals surface area (Å²) >= 11 is 12.0. The molecule has 0 spiro atoms. The predicted octanol–water partition coefficient (Wildman–Crippen LogP) is 4.56. The molecular weight excluding hydrogens is 253 g/mol. The van der Waals surface area contributed by atoms with Crippen LogP contribution in [0.1, 0.15) is 32.3 Å². The van der Waals surface area contributed by atoms with Crippen molar-refractivity contribution in [2.24, 2.45) is 5.92 Å². The number of hydrogen-bond acceptors (Lipinski definition) is 1. The van der Waals surface area contributed by atoms with Crippen LogP contribution in [0.3, 0.4) is 0 Å². The van der Waals surface area contributed by atoms with Gasteiger partial charge in [0.25, 0.3) is 0 Å². The molecule has 0 fully saturated rings. The van der Waals surface area contributed by atoms with Crippen molar-refractivity contribution in [3.63, 3.8) is 0 Å². The molecule has 0 unspecified atom stereocenters. The van der Waals surface area contributed by atoms with Gasteiger partial charge in [0.05, 0.1) is 0 Å². The van der Waals surface area contributed by atoms with Crippen molar-refractivity contribution in [1.29, 1.82) is 0 Å². The molecule has 0 bridgehead atoms. The maximum Gasteiger partial charge on any atom is 0.0452 e. The Hall–Kier alpha value is -0.240. The van der Waals surface area contributed by atoms with Crippen LogP contribution in [0, 0.1) is 5.92 Å². The lowest BCUT2D eigenvalue weighted by molar-refractivity contribution is 0.535. The van der Waals surface area contributed by atoms with Crippen LogP contribution in [0.25, 0.3) is 0 Å². The standard InChI is InChI=1S/C14H21Cl2N/c1-11(2)10-17-8-4-3-5-12-6-7-13(15)9-14(12)16/h6-7,9,11,17H,3-5,8,10H2,1-2H3. The van der Waals surface area contributed by atoms with Crippen molar-refractivity contribution in [1.82, 2.24) is 5.32 Å². The Bertz CT molecular complexity index is 337. The van der Waals surface area contributed by atoms with Crippen molar-refractivity contribution in [3.05, 3.63) is 33.8 Å². The lowest BCUT2D eigenvalue weighted by Gasteiger charge is -2.08. The predicted molar refractivity (Wildman–Crippen MR) is 77.1 cm³/mol. The fourth-order valence-corrected chi connectivity index (χ4v) is 2.18. The molecule has 0 aliphatic heterocycles. The van der Waals surface area contributed by atoms with E-state index in [1.807, 2.05) is 18.2 Å². The third kappa shape index (κ3) is 6.30. The molecular formula is C14H21Cl2N. The van der Waals surface area contributed by atoms with E-state index in [1.165, 1.54) is 12.0 Å². The molecule has 0 heterocycles. The Morgan fingerprint density at radius 2 is 1.94 bits per heavy atom. The number of halogens is 2. The van der Waals surface area contributed by atoms with Crippen LogP contribution in [0.2, 0.25) is 10.0 Å². The average Bonchev–Trinajstić information content (AvgIpc) is 2.25. The summed E-state index contributed by atoms with van der Waals surface area (Å²) in [7, 11) is 0. The molecule has 0 radical (unpaired) electrons. The van der Waals surface area contributed by atoms with Gasteiger partial charge >= 0.3 is 0 Å².